The highest BCUT2D eigenvalue weighted by Crippen LogP contribution is 2.25. The molecule has 2 rings (SSSR count). The fourth-order valence-corrected chi connectivity index (χ4v) is 2.33. The molecule has 1 amide bonds. The summed E-state index contributed by atoms with van der Waals surface area (Å²) in [5.41, 5.74) is 3.53. The van der Waals surface area contributed by atoms with E-state index in [1.54, 1.807) is 37.5 Å². The molecule has 6 heteroatoms. The molecule has 142 valence electrons. The van der Waals surface area contributed by atoms with Crippen molar-refractivity contribution >= 4 is 23.6 Å². The zero-order chi connectivity index (χ0) is 19.8. The molecule has 1 N–H and O–H groups in total. The highest BCUT2D eigenvalue weighted by atomic mass is 16.5. The molecule has 27 heavy (non-hydrogen) atoms. The van der Waals surface area contributed by atoms with Gasteiger partial charge in [0, 0.05) is 17.3 Å². The third-order valence-electron chi connectivity index (χ3n) is 3.97. The van der Waals surface area contributed by atoms with Crippen molar-refractivity contribution in [3.05, 3.63) is 59.2 Å². The van der Waals surface area contributed by atoms with Crippen molar-refractivity contribution in [3.8, 4) is 11.5 Å². The Hall–Kier alpha value is -3.28. The molecule has 0 atom stereocenters. The SMILES string of the molecule is COc1ccc(OC)c(/C=C/C(=O)OCC(=O)Nc2ccc(C)c(C)c2)c1. The average Bonchev–Trinajstić information content (AvgIpc) is 2.67. The fraction of sp³-hybridized carbons (Fsp3) is 0.238. The third kappa shape index (κ3) is 5.88. The summed E-state index contributed by atoms with van der Waals surface area (Å²) in [6, 6.07) is 10.8. The fourth-order valence-electron chi connectivity index (χ4n) is 2.33. The lowest BCUT2D eigenvalue weighted by atomic mass is 10.1. The summed E-state index contributed by atoms with van der Waals surface area (Å²) in [7, 11) is 3.09. The Morgan fingerprint density at radius 2 is 1.78 bits per heavy atom. The average molecular weight is 369 g/mol. The van der Waals surface area contributed by atoms with Crippen LogP contribution in [-0.2, 0) is 14.3 Å². The number of methoxy groups -OCH3 is 2. The Kier molecular flexibility index (Phi) is 7.00. The minimum atomic E-state index is -0.630. The number of carbonyl (C=O) groups excluding carboxylic acids is 2. The van der Waals surface area contributed by atoms with Crippen LogP contribution in [0.5, 0.6) is 11.5 Å². The van der Waals surface area contributed by atoms with Gasteiger partial charge >= 0.3 is 5.97 Å². The molecule has 0 fully saturated rings. The molecule has 0 aliphatic carbocycles. The van der Waals surface area contributed by atoms with E-state index in [1.165, 1.54) is 13.2 Å². The van der Waals surface area contributed by atoms with E-state index >= 15 is 0 Å². The molecule has 6 nitrogen and oxygen atoms in total. The number of ether oxygens (including phenoxy) is 3. The number of nitrogens with one attached hydrogen (secondary N) is 1. The van der Waals surface area contributed by atoms with Gasteiger partial charge in [-0.25, -0.2) is 4.79 Å². The van der Waals surface area contributed by atoms with Crippen LogP contribution in [0, 0.1) is 13.8 Å². The van der Waals surface area contributed by atoms with Gasteiger partial charge in [0.15, 0.2) is 6.61 Å². The van der Waals surface area contributed by atoms with Crippen LogP contribution in [0.25, 0.3) is 6.08 Å². The van der Waals surface area contributed by atoms with Gasteiger partial charge in [-0.15, -0.1) is 0 Å². The Bertz CT molecular complexity index is 858. The summed E-state index contributed by atoms with van der Waals surface area (Å²) in [5, 5.41) is 2.70. The van der Waals surface area contributed by atoms with Crippen LogP contribution in [0.3, 0.4) is 0 Å². The van der Waals surface area contributed by atoms with Gasteiger partial charge in [0.2, 0.25) is 0 Å². The Balaban J connectivity index is 1.91. The first-order valence-corrected chi connectivity index (χ1v) is 8.37. The first-order chi connectivity index (χ1) is 12.9. The van der Waals surface area contributed by atoms with Crippen LogP contribution in [-0.4, -0.2) is 32.7 Å². The highest BCUT2D eigenvalue weighted by Gasteiger charge is 2.07. The summed E-state index contributed by atoms with van der Waals surface area (Å²) >= 11 is 0. The third-order valence-corrected chi connectivity index (χ3v) is 3.97. The van der Waals surface area contributed by atoms with Crippen LogP contribution in [0.4, 0.5) is 5.69 Å². The number of hydrogen-bond acceptors (Lipinski definition) is 5. The molecule has 0 aliphatic rings. The summed E-state index contributed by atoms with van der Waals surface area (Å²) in [5.74, 6) is 0.193. The minimum Gasteiger partial charge on any atom is -0.497 e. The first-order valence-electron chi connectivity index (χ1n) is 8.37. The van der Waals surface area contributed by atoms with E-state index in [2.05, 4.69) is 5.32 Å². The molecule has 0 bridgehead atoms. The largest absolute Gasteiger partial charge is 0.497 e. The molecule has 0 unspecified atom stereocenters. The van der Waals surface area contributed by atoms with Crippen LogP contribution < -0.4 is 14.8 Å². The summed E-state index contributed by atoms with van der Waals surface area (Å²) in [6.07, 6.45) is 2.78. The lowest BCUT2D eigenvalue weighted by Gasteiger charge is -2.08. The van der Waals surface area contributed by atoms with E-state index in [0.717, 1.165) is 11.1 Å². The molecule has 0 aromatic heterocycles. The maximum atomic E-state index is 11.9. The van der Waals surface area contributed by atoms with Crippen molar-refractivity contribution in [1.82, 2.24) is 0 Å². The predicted octanol–water partition coefficient (Wildman–Crippen LogP) is 3.52. The summed E-state index contributed by atoms with van der Waals surface area (Å²) < 4.78 is 15.4. The van der Waals surface area contributed by atoms with E-state index in [4.69, 9.17) is 14.2 Å². The molecule has 0 radical (unpaired) electrons. The van der Waals surface area contributed by atoms with Gasteiger partial charge in [-0.1, -0.05) is 6.07 Å². The van der Waals surface area contributed by atoms with Gasteiger partial charge in [0.25, 0.3) is 5.91 Å². The normalized spacial score (nSPS) is 10.5. The summed E-state index contributed by atoms with van der Waals surface area (Å²) in [6.45, 7) is 3.58. The van der Waals surface area contributed by atoms with Gasteiger partial charge in [0.1, 0.15) is 11.5 Å². The number of anilines is 1. The van der Waals surface area contributed by atoms with Gasteiger partial charge in [0.05, 0.1) is 14.2 Å². The smallest absolute Gasteiger partial charge is 0.331 e. The number of esters is 1. The van der Waals surface area contributed by atoms with Gasteiger partial charge in [-0.2, -0.15) is 0 Å². The van der Waals surface area contributed by atoms with E-state index < -0.39 is 11.9 Å². The molecule has 2 aromatic carbocycles. The lowest BCUT2D eigenvalue weighted by Crippen LogP contribution is -2.20. The van der Waals surface area contributed by atoms with Crippen LogP contribution in [0.15, 0.2) is 42.5 Å². The Morgan fingerprint density at radius 1 is 1.00 bits per heavy atom. The minimum absolute atomic E-state index is 0.370. The molecule has 0 saturated heterocycles. The second-order valence-corrected chi connectivity index (χ2v) is 5.90. The molecule has 0 aliphatic heterocycles. The van der Waals surface area contributed by atoms with Crippen molar-refractivity contribution in [3.63, 3.8) is 0 Å². The Labute approximate surface area is 158 Å². The zero-order valence-corrected chi connectivity index (χ0v) is 15.9. The molecular weight excluding hydrogens is 346 g/mol. The van der Waals surface area contributed by atoms with Crippen LogP contribution in [0.2, 0.25) is 0 Å². The maximum Gasteiger partial charge on any atom is 0.331 e. The predicted molar refractivity (Wildman–Crippen MR) is 104 cm³/mol. The van der Waals surface area contributed by atoms with Crippen molar-refractivity contribution in [2.24, 2.45) is 0 Å². The molecule has 0 saturated carbocycles. The number of amides is 1. The van der Waals surface area contributed by atoms with Crippen molar-refractivity contribution in [2.75, 3.05) is 26.1 Å². The van der Waals surface area contributed by atoms with E-state index in [-0.39, 0.29) is 6.61 Å². The van der Waals surface area contributed by atoms with Gasteiger partial charge < -0.3 is 19.5 Å². The van der Waals surface area contributed by atoms with Crippen LogP contribution in [0.1, 0.15) is 16.7 Å². The number of benzene rings is 2. The molecule has 0 heterocycles. The van der Waals surface area contributed by atoms with Crippen molar-refractivity contribution in [2.45, 2.75) is 13.8 Å². The quantitative estimate of drug-likeness (QED) is 0.597. The van der Waals surface area contributed by atoms with E-state index in [1.807, 2.05) is 26.0 Å². The Morgan fingerprint density at radius 3 is 2.44 bits per heavy atom. The van der Waals surface area contributed by atoms with Crippen LogP contribution >= 0.6 is 0 Å². The lowest BCUT2D eigenvalue weighted by molar-refractivity contribution is -0.142. The maximum absolute atomic E-state index is 11.9. The number of hydrogen-bond donors (Lipinski definition) is 1. The second-order valence-electron chi connectivity index (χ2n) is 5.90. The highest BCUT2D eigenvalue weighted by molar-refractivity contribution is 5.94. The summed E-state index contributed by atoms with van der Waals surface area (Å²) in [4.78, 5) is 23.8. The topological polar surface area (TPSA) is 73.9 Å². The molecular formula is C21H23NO5. The monoisotopic (exact) mass is 369 g/mol. The zero-order valence-electron chi connectivity index (χ0n) is 15.9. The molecule has 0 spiro atoms. The van der Waals surface area contributed by atoms with Crippen molar-refractivity contribution in [1.29, 1.82) is 0 Å². The number of rotatable bonds is 7. The van der Waals surface area contributed by atoms with E-state index in [0.29, 0.717) is 22.7 Å². The number of aryl methyl sites for hydroxylation is 2. The van der Waals surface area contributed by atoms with E-state index in [9.17, 15) is 9.59 Å². The number of carbonyl (C=O) groups is 2. The molecule has 2 aromatic rings. The van der Waals surface area contributed by atoms with Gasteiger partial charge in [-0.05, 0) is 61.4 Å². The second kappa shape index (κ2) is 9.43. The van der Waals surface area contributed by atoms with Crippen molar-refractivity contribution < 1.29 is 23.8 Å². The van der Waals surface area contributed by atoms with Gasteiger partial charge in [-0.3, -0.25) is 4.79 Å². The first kappa shape index (κ1) is 20.0. The standard InChI is InChI=1S/C21H23NO5/c1-14-5-7-17(11-15(14)2)22-20(23)13-27-21(24)10-6-16-12-18(25-3)8-9-19(16)26-4/h5-12H,13H2,1-4H3,(H,22,23)/b10-6+.